The summed E-state index contributed by atoms with van der Waals surface area (Å²) in [5, 5.41) is 0. The Hall–Kier alpha value is -1.44. The van der Waals surface area contributed by atoms with E-state index in [0.717, 1.165) is 18.4 Å². The van der Waals surface area contributed by atoms with Crippen LogP contribution in [0.5, 0.6) is 0 Å². The summed E-state index contributed by atoms with van der Waals surface area (Å²) in [7, 11) is -3.46. The minimum absolute atomic E-state index is 0.219. The van der Waals surface area contributed by atoms with Crippen LogP contribution in [-0.2, 0) is 14.8 Å². The van der Waals surface area contributed by atoms with Crippen molar-refractivity contribution in [3.63, 3.8) is 0 Å². The van der Waals surface area contributed by atoms with E-state index in [-0.39, 0.29) is 5.91 Å². The maximum absolute atomic E-state index is 13.0. The Kier molecular flexibility index (Phi) is 5.51. The largest absolute Gasteiger partial charge is 0.336 e. The highest BCUT2D eigenvalue weighted by Gasteiger charge is 2.42. The quantitative estimate of drug-likeness (QED) is 0.697. The van der Waals surface area contributed by atoms with Gasteiger partial charge < -0.3 is 4.90 Å². The number of hydrogen-bond donors (Lipinski definition) is 0. The molecule has 1 aromatic rings. The molecule has 0 aromatic heterocycles. The van der Waals surface area contributed by atoms with Gasteiger partial charge in [0.15, 0.2) is 0 Å². The fourth-order valence-corrected chi connectivity index (χ4v) is 5.60. The predicted molar refractivity (Wildman–Crippen MR) is 108 cm³/mol. The molecule has 7 heteroatoms. The van der Waals surface area contributed by atoms with E-state index in [2.05, 4.69) is 16.7 Å². The summed E-state index contributed by atoms with van der Waals surface area (Å²) in [4.78, 5) is 17.5. The first-order chi connectivity index (χ1) is 13.4. The zero-order valence-electron chi connectivity index (χ0n) is 16.9. The highest BCUT2D eigenvalue weighted by atomic mass is 32.2. The Balaban J connectivity index is 1.33. The summed E-state index contributed by atoms with van der Waals surface area (Å²) >= 11 is 0. The second-order valence-corrected chi connectivity index (χ2v) is 10.5. The highest BCUT2D eigenvalue weighted by Crippen LogP contribution is 2.39. The fraction of sp³-hybridized carbons (Fsp3) is 0.667. The molecule has 28 heavy (non-hydrogen) atoms. The molecule has 1 heterocycles. The first kappa shape index (κ1) is 19.9. The van der Waals surface area contributed by atoms with E-state index in [1.54, 1.807) is 16.4 Å². The molecule has 1 aromatic carbocycles. The molecule has 1 aliphatic heterocycles. The summed E-state index contributed by atoms with van der Waals surface area (Å²) in [6.07, 6.45) is 4.75. The summed E-state index contributed by atoms with van der Waals surface area (Å²) in [6.45, 7) is 6.63. The number of amides is 1. The van der Waals surface area contributed by atoms with Gasteiger partial charge in [0.05, 0.1) is 11.4 Å². The van der Waals surface area contributed by atoms with Gasteiger partial charge in [-0.2, -0.15) is 4.31 Å². The number of nitrogens with zero attached hydrogens (tertiary/aromatic N) is 3. The molecule has 1 atom stereocenters. The van der Waals surface area contributed by atoms with Crippen molar-refractivity contribution in [2.24, 2.45) is 5.92 Å². The number of hydrogen-bond acceptors (Lipinski definition) is 4. The summed E-state index contributed by atoms with van der Waals surface area (Å²) in [5.74, 6) is 0.901. The van der Waals surface area contributed by atoms with Crippen molar-refractivity contribution < 1.29 is 13.2 Å². The van der Waals surface area contributed by atoms with Gasteiger partial charge in [0.1, 0.15) is 0 Å². The van der Waals surface area contributed by atoms with Crippen LogP contribution in [0.15, 0.2) is 29.2 Å². The molecule has 3 fully saturated rings. The minimum Gasteiger partial charge on any atom is -0.336 e. The lowest BCUT2D eigenvalue weighted by molar-refractivity contribution is -0.135. The van der Waals surface area contributed by atoms with Gasteiger partial charge >= 0.3 is 0 Å². The van der Waals surface area contributed by atoms with Crippen LogP contribution in [0.4, 0.5) is 0 Å². The summed E-state index contributed by atoms with van der Waals surface area (Å²) in [6, 6.07) is 7.79. The van der Waals surface area contributed by atoms with Crippen molar-refractivity contribution in [3.05, 3.63) is 29.8 Å². The first-order valence-corrected chi connectivity index (χ1v) is 11.9. The predicted octanol–water partition coefficient (Wildman–Crippen LogP) is 2.09. The van der Waals surface area contributed by atoms with Crippen molar-refractivity contribution in [3.8, 4) is 0 Å². The monoisotopic (exact) mass is 405 g/mol. The smallest absolute Gasteiger partial charge is 0.243 e. The maximum atomic E-state index is 13.0. The summed E-state index contributed by atoms with van der Waals surface area (Å²) < 4.78 is 27.2. The van der Waals surface area contributed by atoms with Gasteiger partial charge in [-0.05, 0) is 57.6 Å². The molecule has 1 amide bonds. The van der Waals surface area contributed by atoms with Crippen LogP contribution in [0.1, 0.15) is 38.2 Å². The van der Waals surface area contributed by atoms with Gasteiger partial charge in [-0.15, -0.1) is 0 Å². The molecule has 0 bridgehead atoms. The molecular weight excluding hydrogens is 374 g/mol. The third-order valence-corrected chi connectivity index (χ3v) is 8.23. The van der Waals surface area contributed by atoms with E-state index in [0.29, 0.717) is 55.6 Å². The van der Waals surface area contributed by atoms with Crippen LogP contribution in [0.3, 0.4) is 0 Å². The normalized spacial score (nSPS) is 22.8. The van der Waals surface area contributed by atoms with Crippen molar-refractivity contribution in [1.29, 1.82) is 0 Å². The van der Waals surface area contributed by atoms with E-state index < -0.39 is 10.0 Å². The molecule has 0 N–H and O–H groups in total. The van der Waals surface area contributed by atoms with Crippen LogP contribution in [0, 0.1) is 12.8 Å². The van der Waals surface area contributed by atoms with Gasteiger partial charge in [-0.1, -0.05) is 17.7 Å². The zero-order chi connectivity index (χ0) is 19.9. The van der Waals surface area contributed by atoms with E-state index in [9.17, 15) is 13.2 Å². The van der Waals surface area contributed by atoms with E-state index >= 15 is 0 Å². The van der Waals surface area contributed by atoms with Crippen molar-refractivity contribution in [2.75, 3.05) is 32.7 Å². The molecule has 4 rings (SSSR count). The second-order valence-electron chi connectivity index (χ2n) is 8.60. The third kappa shape index (κ3) is 4.26. The van der Waals surface area contributed by atoms with Crippen molar-refractivity contribution in [2.45, 2.75) is 56.5 Å². The number of aryl methyl sites for hydroxylation is 1. The molecule has 6 nitrogen and oxygen atoms in total. The molecule has 0 spiro atoms. The van der Waals surface area contributed by atoms with E-state index in [4.69, 9.17) is 0 Å². The van der Waals surface area contributed by atoms with Gasteiger partial charge in [-0.3, -0.25) is 9.69 Å². The molecule has 3 aliphatic rings. The molecule has 2 aliphatic carbocycles. The SMILES string of the molecule is Cc1ccc(S(=O)(=O)N2CCN(CC(=O)N(C3CC3)C(C)C3CC3)CC2)cc1. The van der Waals surface area contributed by atoms with Gasteiger partial charge in [-0.25, -0.2) is 8.42 Å². The Morgan fingerprint density at radius 2 is 1.68 bits per heavy atom. The molecule has 2 saturated carbocycles. The zero-order valence-corrected chi connectivity index (χ0v) is 17.7. The fourth-order valence-electron chi connectivity index (χ4n) is 4.18. The number of rotatable bonds is 7. The Labute approximate surface area is 168 Å². The van der Waals surface area contributed by atoms with Crippen molar-refractivity contribution >= 4 is 15.9 Å². The van der Waals surface area contributed by atoms with Crippen LogP contribution >= 0.6 is 0 Å². The lowest BCUT2D eigenvalue weighted by atomic mass is 10.1. The van der Waals surface area contributed by atoms with Crippen molar-refractivity contribution in [1.82, 2.24) is 14.1 Å². The van der Waals surface area contributed by atoms with Crippen LogP contribution < -0.4 is 0 Å². The Morgan fingerprint density at radius 3 is 2.21 bits per heavy atom. The third-order valence-electron chi connectivity index (χ3n) is 6.32. The molecular formula is C21H31N3O3S. The van der Waals surface area contributed by atoms with Gasteiger partial charge in [0, 0.05) is 38.3 Å². The molecule has 1 unspecified atom stereocenters. The van der Waals surface area contributed by atoms with E-state index in [1.165, 1.54) is 12.8 Å². The number of carbonyl (C=O) groups excluding carboxylic acids is 1. The van der Waals surface area contributed by atoms with Crippen LogP contribution in [0.2, 0.25) is 0 Å². The first-order valence-electron chi connectivity index (χ1n) is 10.5. The van der Waals surface area contributed by atoms with Crippen LogP contribution in [-0.4, -0.2) is 73.2 Å². The van der Waals surface area contributed by atoms with Crippen LogP contribution in [0.25, 0.3) is 0 Å². The minimum atomic E-state index is -3.46. The Morgan fingerprint density at radius 1 is 1.07 bits per heavy atom. The Bertz CT molecular complexity index is 808. The lowest BCUT2D eigenvalue weighted by Gasteiger charge is -2.36. The lowest BCUT2D eigenvalue weighted by Crippen LogP contribution is -2.53. The average molecular weight is 406 g/mol. The number of benzene rings is 1. The molecule has 0 radical (unpaired) electrons. The number of sulfonamides is 1. The number of piperazine rings is 1. The van der Waals surface area contributed by atoms with E-state index in [1.807, 2.05) is 19.1 Å². The highest BCUT2D eigenvalue weighted by molar-refractivity contribution is 7.89. The standard InChI is InChI=1S/C21H31N3O3S/c1-16-3-9-20(10-4-16)28(26,27)23-13-11-22(12-14-23)15-21(25)24(19-7-8-19)17(2)18-5-6-18/h3-4,9-10,17-19H,5-8,11-15H2,1-2H3. The summed E-state index contributed by atoms with van der Waals surface area (Å²) in [5.41, 5.74) is 1.04. The van der Waals surface area contributed by atoms with Gasteiger partial charge in [0.25, 0.3) is 0 Å². The van der Waals surface area contributed by atoms with Gasteiger partial charge in [0.2, 0.25) is 15.9 Å². The molecule has 1 saturated heterocycles. The number of carbonyl (C=O) groups is 1. The second kappa shape index (κ2) is 7.76. The average Bonchev–Trinajstić information content (AvgIpc) is 3.55. The topological polar surface area (TPSA) is 60.9 Å². The molecule has 154 valence electrons. The maximum Gasteiger partial charge on any atom is 0.243 e.